The van der Waals surface area contributed by atoms with Crippen LogP contribution in [-0.4, -0.2) is 44.9 Å². The number of carbonyl (C=O) groups excluding carboxylic acids is 1. The van der Waals surface area contributed by atoms with Crippen LogP contribution in [0.2, 0.25) is 0 Å². The maximum atomic E-state index is 11.3. The molecule has 5 nitrogen and oxygen atoms in total. The molecule has 0 bridgehead atoms. The van der Waals surface area contributed by atoms with Crippen LogP contribution in [0.4, 0.5) is 5.82 Å². The van der Waals surface area contributed by atoms with Crippen molar-refractivity contribution in [3.05, 3.63) is 23.4 Å². The number of esters is 1. The van der Waals surface area contributed by atoms with E-state index in [4.69, 9.17) is 14.5 Å². The third-order valence-electron chi connectivity index (χ3n) is 3.62. The molecule has 0 amide bonds. The molecule has 0 spiro atoms. The highest BCUT2D eigenvalue weighted by Crippen LogP contribution is 2.23. The van der Waals surface area contributed by atoms with Crippen LogP contribution >= 0.6 is 0 Å². The van der Waals surface area contributed by atoms with Crippen molar-refractivity contribution in [3.63, 3.8) is 0 Å². The molecule has 1 aromatic heterocycles. The molecule has 1 aliphatic carbocycles. The Morgan fingerprint density at radius 1 is 1.30 bits per heavy atom. The summed E-state index contributed by atoms with van der Waals surface area (Å²) in [6, 6.07) is 4.19. The maximum Gasteiger partial charge on any atom is 0.307 e. The summed E-state index contributed by atoms with van der Waals surface area (Å²) in [7, 11) is 3.09. The number of anilines is 1. The highest BCUT2D eigenvalue weighted by Gasteiger charge is 2.16. The first kappa shape index (κ1) is 14.8. The van der Waals surface area contributed by atoms with Gasteiger partial charge in [-0.3, -0.25) is 4.79 Å². The summed E-state index contributed by atoms with van der Waals surface area (Å²) in [6.45, 7) is 1.93. The molecule has 0 unspecified atom stereocenters. The van der Waals surface area contributed by atoms with Crippen molar-refractivity contribution in [2.24, 2.45) is 0 Å². The van der Waals surface area contributed by atoms with Crippen molar-refractivity contribution in [1.29, 1.82) is 0 Å². The van der Waals surface area contributed by atoms with Crippen LogP contribution in [0.3, 0.4) is 0 Å². The predicted octanol–water partition coefficient (Wildman–Crippen LogP) is 1.59. The molecule has 0 atom stereocenters. The number of aryl methyl sites for hydroxylation is 2. The second kappa shape index (κ2) is 7.24. The van der Waals surface area contributed by atoms with E-state index in [2.05, 4.69) is 11.0 Å². The van der Waals surface area contributed by atoms with Gasteiger partial charge in [0.25, 0.3) is 0 Å². The molecule has 0 fully saturated rings. The lowest BCUT2D eigenvalue weighted by Crippen LogP contribution is -2.30. The van der Waals surface area contributed by atoms with E-state index in [1.807, 2.05) is 6.07 Å². The molecule has 0 aliphatic heterocycles. The Labute approximate surface area is 119 Å². The van der Waals surface area contributed by atoms with Gasteiger partial charge in [-0.25, -0.2) is 4.98 Å². The van der Waals surface area contributed by atoms with Gasteiger partial charge in [0.1, 0.15) is 5.82 Å². The van der Waals surface area contributed by atoms with E-state index in [-0.39, 0.29) is 5.97 Å². The van der Waals surface area contributed by atoms with E-state index in [0.29, 0.717) is 19.6 Å². The molecule has 0 saturated heterocycles. The topological polar surface area (TPSA) is 51.7 Å². The molecule has 2 rings (SSSR count). The minimum absolute atomic E-state index is 0.200. The largest absolute Gasteiger partial charge is 0.469 e. The Kier molecular flexibility index (Phi) is 5.35. The SMILES string of the molecule is COCCN(CCC(=O)OC)c1ccc2c(n1)CCC2. The number of hydrogen-bond acceptors (Lipinski definition) is 5. The fourth-order valence-corrected chi connectivity index (χ4v) is 2.46. The minimum atomic E-state index is -0.200. The van der Waals surface area contributed by atoms with Crippen LogP contribution < -0.4 is 4.90 Å². The van der Waals surface area contributed by atoms with Crippen LogP contribution in [-0.2, 0) is 27.1 Å². The number of methoxy groups -OCH3 is 2. The second-order valence-electron chi connectivity index (χ2n) is 4.93. The summed E-state index contributed by atoms with van der Waals surface area (Å²) in [6.07, 6.45) is 3.73. The van der Waals surface area contributed by atoms with Crippen molar-refractivity contribution < 1.29 is 14.3 Å². The zero-order chi connectivity index (χ0) is 14.4. The first-order valence-electron chi connectivity index (χ1n) is 7.04. The number of nitrogens with zero attached hydrogens (tertiary/aromatic N) is 2. The highest BCUT2D eigenvalue weighted by atomic mass is 16.5. The molecule has 1 aliphatic rings. The van der Waals surface area contributed by atoms with Crippen molar-refractivity contribution in [2.45, 2.75) is 25.7 Å². The van der Waals surface area contributed by atoms with Crippen LogP contribution in [0.1, 0.15) is 24.1 Å². The summed E-state index contributed by atoms with van der Waals surface area (Å²) in [5, 5.41) is 0. The summed E-state index contributed by atoms with van der Waals surface area (Å²) >= 11 is 0. The van der Waals surface area contributed by atoms with Gasteiger partial charge in [-0.05, 0) is 30.9 Å². The van der Waals surface area contributed by atoms with Crippen LogP contribution in [0.15, 0.2) is 12.1 Å². The first-order valence-corrected chi connectivity index (χ1v) is 7.04. The molecular formula is C15H22N2O3. The molecule has 0 saturated carbocycles. The van der Waals surface area contributed by atoms with Gasteiger partial charge in [0.2, 0.25) is 0 Å². The fourth-order valence-electron chi connectivity index (χ4n) is 2.46. The van der Waals surface area contributed by atoms with Gasteiger partial charge in [0, 0.05) is 25.9 Å². The van der Waals surface area contributed by atoms with Gasteiger partial charge in [-0.2, -0.15) is 0 Å². The van der Waals surface area contributed by atoms with Crippen molar-refractivity contribution in [2.75, 3.05) is 38.8 Å². The van der Waals surface area contributed by atoms with E-state index in [9.17, 15) is 4.79 Å². The van der Waals surface area contributed by atoms with Gasteiger partial charge in [-0.15, -0.1) is 0 Å². The lowest BCUT2D eigenvalue weighted by molar-refractivity contribution is -0.140. The number of ether oxygens (including phenoxy) is 2. The summed E-state index contributed by atoms with van der Waals surface area (Å²) in [4.78, 5) is 18.1. The molecular weight excluding hydrogens is 256 g/mol. The Morgan fingerprint density at radius 3 is 2.90 bits per heavy atom. The number of hydrogen-bond donors (Lipinski definition) is 0. The zero-order valence-electron chi connectivity index (χ0n) is 12.2. The molecule has 0 radical (unpaired) electrons. The van der Waals surface area contributed by atoms with Gasteiger partial charge in [0.05, 0.1) is 20.1 Å². The van der Waals surface area contributed by atoms with Crippen molar-refractivity contribution in [1.82, 2.24) is 4.98 Å². The summed E-state index contributed by atoms with van der Waals surface area (Å²) in [5.41, 5.74) is 2.55. The second-order valence-corrected chi connectivity index (χ2v) is 4.93. The fraction of sp³-hybridized carbons (Fsp3) is 0.600. The Hall–Kier alpha value is -1.62. The van der Waals surface area contributed by atoms with E-state index < -0.39 is 0 Å². The smallest absolute Gasteiger partial charge is 0.307 e. The van der Waals surface area contributed by atoms with E-state index in [1.165, 1.54) is 24.8 Å². The third-order valence-corrected chi connectivity index (χ3v) is 3.62. The molecule has 20 heavy (non-hydrogen) atoms. The summed E-state index contributed by atoms with van der Waals surface area (Å²) in [5.74, 6) is 0.722. The monoisotopic (exact) mass is 278 g/mol. The number of rotatable bonds is 7. The van der Waals surface area contributed by atoms with Gasteiger partial charge >= 0.3 is 5.97 Å². The number of aromatic nitrogens is 1. The van der Waals surface area contributed by atoms with Crippen LogP contribution in [0.5, 0.6) is 0 Å². The van der Waals surface area contributed by atoms with Crippen molar-refractivity contribution in [3.8, 4) is 0 Å². The highest BCUT2D eigenvalue weighted by molar-refractivity contribution is 5.69. The number of fused-ring (bicyclic) bond motifs is 1. The average Bonchev–Trinajstić information content (AvgIpc) is 2.94. The molecule has 1 aromatic rings. The van der Waals surface area contributed by atoms with E-state index in [0.717, 1.165) is 25.2 Å². The molecule has 0 N–H and O–H groups in total. The first-order chi connectivity index (χ1) is 9.74. The normalized spacial score (nSPS) is 13.1. The van der Waals surface area contributed by atoms with Crippen LogP contribution in [0.25, 0.3) is 0 Å². The predicted molar refractivity (Wildman–Crippen MR) is 77.0 cm³/mol. The standard InChI is InChI=1S/C15H22N2O3/c1-19-11-10-17(9-8-15(18)20-2)14-7-6-12-4-3-5-13(12)16-14/h6-7H,3-5,8-11H2,1-2H3. The lowest BCUT2D eigenvalue weighted by Gasteiger charge is -2.23. The molecule has 110 valence electrons. The Bertz CT molecular complexity index is 462. The third kappa shape index (κ3) is 3.70. The van der Waals surface area contributed by atoms with Gasteiger partial charge < -0.3 is 14.4 Å². The molecule has 1 heterocycles. The maximum absolute atomic E-state index is 11.3. The van der Waals surface area contributed by atoms with Crippen LogP contribution in [0, 0.1) is 0 Å². The van der Waals surface area contributed by atoms with E-state index in [1.54, 1.807) is 7.11 Å². The zero-order valence-corrected chi connectivity index (χ0v) is 12.2. The Morgan fingerprint density at radius 2 is 2.15 bits per heavy atom. The number of carbonyl (C=O) groups is 1. The summed E-state index contributed by atoms with van der Waals surface area (Å²) < 4.78 is 9.83. The molecule has 0 aromatic carbocycles. The van der Waals surface area contributed by atoms with E-state index >= 15 is 0 Å². The van der Waals surface area contributed by atoms with Gasteiger partial charge in [0.15, 0.2) is 0 Å². The lowest BCUT2D eigenvalue weighted by atomic mass is 10.2. The number of pyridine rings is 1. The minimum Gasteiger partial charge on any atom is -0.469 e. The average molecular weight is 278 g/mol. The quantitative estimate of drug-likeness (QED) is 0.709. The Balaban J connectivity index is 2.06. The molecule has 5 heteroatoms. The van der Waals surface area contributed by atoms with Crippen molar-refractivity contribution >= 4 is 11.8 Å². The van der Waals surface area contributed by atoms with Gasteiger partial charge in [-0.1, -0.05) is 6.07 Å².